The normalized spacial score (nSPS) is 10.9. The molecule has 0 saturated heterocycles. The molecule has 2 aromatic rings. The van der Waals surface area contributed by atoms with E-state index in [0.717, 1.165) is 23.5 Å². The molecule has 0 aliphatic heterocycles. The lowest BCUT2D eigenvalue weighted by atomic mass is 10.1. The van der Waals surface area contributed by atoms with Crippen molar-refractivity contribution in [3.05, 3.63) is 59.7 Å². The predicted molar refractivity (Wildman–Crippen MR) is 110 cm³/mol. The van der Waals surface area contributed by atoms with E-state index in [1.165, 1.54) is 5.56 Å². The van der Waals surface area contributed by atoms with Crippen LogP contribution in [0.5, 0.6) is 0 Å². The van der Waals surface area contributed by atoms with Gasteiger partial charge in [0, 0.05) is 33.2 Å². The van der Waals surface area contributed by atoms with E-state index in [1.807, 2.05) is 55.4 Å². The van der Waals surface area contributed by atoms with E-state index in [-0.39, 0.29) is 6.03 Å². The summed E-state index contributed by atoms with van der Waals surface area (Å²) in [6, 6.07) is 16.3. The van der Waals surface area contributed by atoms with Gasteiger partial charge < -0.3 is 15.5 Å². The van der Waals surface area contributed by atoms with Crippen LogP contribution in [-0.4, -0.2) is 38.1 Å². The second-order valence-corrected chi connectivity index (χ2v) is 7.00. The van der Waals surface area contributed by atoms with Gasteiger partial charge in [-0.2, -0.15) is 0 Å². The number of carbonyl (C=O) groups is 1. The number of carbonyl (C=O) groups excluding carboxylic acids is 1. The molecule has 140 valence electrons. The van der Waals surface area contributed by atoms with Crippen LogP contribution >= 0.6 is 0 Å². The van der Waals surface area contributed by atoms with E-state index < -0.39 is 0 Å². The van der Waals surface area contributed by atoms with Crippen molar-refractivity contribution in [2.24, 2.45) is 0 Å². The summed E-state index contributed by atoms with van der Waals surface area (Å²) in [5.41, 5.74) is 4.14. The lowest BCUT2D eigenvalue weighted by Gasteiger charge is -2.22. The standard InChI is InChI=1S/C21H30N4O/c1-16(2)25(5)15-18-11-7-6-10-17(18)14-22-21(26)23-19-12-8-9-13-20(19)24(3)4/h6-13,16H,14-15H2,1-5H3,(H2,22,23,26). The highest BCUT2D eigenvalue weighted by Gasteiger charge is 2.10. The minimum Gasteiger partial charge on any atom is -0.376 e. The third-order valence-corrected chi connectivity index (χ3v) is 4.49. The highest BCUT2D eigenvalue weighted by Crippen LogP contribution is 2.23. The Morgan fingerprint density at radius 2 is 1.58 bits per heavy atom. The number of nitrogens with zero attached hydrogens (tertiary/aromatic N) is 2. The summed E-state index contributed by atoms with van der Waals surface area (Å²) in [7, 11) is 6.03. The van der Waals surface area contributed by atoms with Crippen molar-refractivity contribution in [3.8, 4) is 0 Å². The molecule has 0 atom stereocenters. The molecule has 2 rings (SSSR count). The number of nitrogens with one attached hydrogen (secondary N) is 2. The van der Waals surface area contributed by atoms with Crippen LogP contribution in [0.15, 0.2) is 48.5 Å². The highest BCUT2D eigenvalue weighted by molar-refractivity contribution is 5.93. The Labute approximate surface area is 157 Å². The van der Waals surface area contributed by atoms with E-state index in [4.69, 9.17) is 0 Å². The maximum atomic E-state index is 12.4. The fraction of sp³-hybridized carbons (Fsp3) is 0.381. The van der Waals surface area contributed by atoms with Crippen LogP contribution < -0.4 is 15.5 Å². The predicted octanol–water partition coefficient (Wildman–Crippen LogP) is 3.91. The summed E-state index contributed by atoms with van der Waals surface area (Å²) < 4.78 is 0. The molecule has 5 nitrogen and oxygen atoms in total. The van der Waals surface area contributed by atoms with Crippen molar-refractivity contribution in [1.82, 2.24) is 10.2 Å². The van der Waals surface area contributed by atoms with Crippen LogP contribution in [-0.2, 0) is 13.1 Å². The molecule has 0 bridgehead atoms. The number of para-hydroxylation sites is 2. The van der Waals surface area contributed by atoms with Gasteiger partial charge in [0.25, 0.3) is 0 Å². The van der Waals surface area contributed by atoms with Gasteiger partial charge in [-0.15, -0.1) is 0 Å². The Balaban J connectivity index is 2.00. The quantitative estimate of drug-likeness (QED) is 0.792. The van der Waals surface area contributed by atoms with Crippen molar-refractivity contribution in [3.63, 3.8) is 0 Å². The van der Waals surface area contributed by atoms with Gasteiger partial charge in [-0.3, -0.25) is 4.90 Å². The van der Waals surface area contributed by atoms with Crippen molar-refractivity contribution in [2.75, 3.05) is 31.4 Å². The maximum absolute atomic E-state index is 12.4. The molecule has 0 fully saturated rings. The minimum atomic E-state index is -0.202. The first-order valence-electron chi connectivity index (χ1n) is 8.96. The molecule has 0 aliphatic carbocycles. The minimum absolute atomic E-state index is 0.202. The molecular formula is C21H30N4O. The van der Waals surface area contributed by atoms with Crippen molar-refractivity contribution in [1.29, 1.82) is 0 Å². The van der Waals surface area contributed by atoms with Gasteiger partial charge in [-0.1, -0.05) is 36.4 Å². The van der Waals surface area contributed by atoms with E-state index >= 15 is 0 Å². The fourth-order valence-corrected chi connectivity index (χ4v) is 2.65. The van der Waals surface area contributed by atoms with Gasteiger partial charge in [-0.05, 0) is 44.2 Å². The van der Waals surface area contributed by atoms with Crippen LogP contribution in [0.2, 0.25) is 0 Å². The van der Waals surface area contributed by atoms with E-state index in [1.54, 1.807) is 0 Å². The Bertz CT molecular complexity index is 727. The maximum Gasteiger partial charge on any atom is 0.319 e. The van der Waals surface area contributed by atoms with Gasteiger partial charge >= 0.3 is 6.03 Å². The first-order chi connectivity index (χ1) is 12.4. The van der Waals surface area contributed by atoms with Crippen LogP contribution in [0.1, 0.15) is 25.0 Å². The van der Waals surface area contributed by atoms with Gasteiger partial charge in [0.1, 0.15) is 0 Å². The smallest absolute Gasteiger partial charge is 0.319 e. The Morgan fingerprint density at radius 1 is 0.962 bits per heavy atom. The van der Waals surface area contributed by atoms with E-state index in [2.05, 4.69) is 48.6 Å². The summed E-state index contributed by atoms with van der Waals surface area (Å²) in [6.45, 7) is 5.71. The summed E-state index contributed by atoms with van der Waals surface area (Å²) in [4.78, 5) is 16.6. The summed E-state index contributed by atoms with van der Waals surface area (Å²) >= 11 is 0. The molecule has 0 radical (unpaired) electrons. The molecule has 2 aromatic carbocycles. The number of amides is 2. The highest BCUT2D eigenvalue weighted by atomic mass is 16.2. The molecular weight excluding hydrogens is 324 g/mol. The summed E-state index contributed by atoms with van der Waals surface area (Å²) in [5, 5.41) is 5.91. The van der Waals surface area contributed by atoms with Gasteiger partial charge in [0.15, 0.2) is 0 Å². The topological polar surface area (TPSA) is 47.6 Å². The second-order valence-electron chi connectivity index (χ2n) is 7.00. The SMILES string of the molecule is CC(C)N(C)Cc1ccccc1CNC(=O)Nc1ccccc1N(C)C. The largest absolute Gasteiger partial charge is 0.376 e. The fourth-order valence-electron chi connectivity index (χ4n) is 2.65. The van der Waals surface area contributed by atoms with Crippen LogP contribution in [0.4, 0.5) is 16.2 Å². The molecule has 5 heteroatoms. The number of hydrogen-bond donors (Lipinski definition) is 2. The Morgan fingerprint density at radius 3 is 2.23 bits per heavy atom. The van der Waals surface area contributed by atoms with Crippen LogP contribution in [0.3, 0.4) is 0 Å². The number of hydrogen-bond acceptors (Lipinski definition) is 3. The molecule has 0 aliphatic rings. The van der Waals surface area contributed by atoms with E-state index in [9.17, 15) is 4.79 Å². The van der Waals surface area contributed by atoms with Crippen LogP contribution in [0.25, 0.3) is 0 Å². The summed E-state index contributed by atoms with van der Waals surface area (Å²) in [6.07, 6.45) is 0. The average Bonchev–Trinajstić information content (AvgIpc) is 2.61. The van der Waals surface area contributed by atoms with E-state index in [0.29, 0.717) is 12.6 Å². The van der Waals surface area contributed by atoms with Gasteiger partial charge in [0.2, 0.25) is 0 Å². The number of anilines is 2. The van der Waals surface area contributed by atoms with Crippen molar-refractivity contribution < 1.29 is 4.79 Å². The Hall–Kier alpha value is -2.53. The first kappa shape index (κ1) is 19.8. The average molecular weight is 354 g/mol. The molecule has 2 N–H and O–H groups in total. The van der Waals surface area contributed by atoms with Crippen molar-refractivity contribution in [2.45, 2.75) is 33.0 Å². The lowest BCUT2D eigenvalue weighted by Crippen LogP contribution is -2.30. The molecule has 0 heterocycles. The zero-order valence-electron chi connectivity index (χ0n) is 16.4. The van der Waals surface area contributed by atoms with Gasteiger partial charge in [0.05, 0.1) is 11.4 Å². The molecule has 0 aromatic heterocycles. The first-order valence-corrected chi connectivity index (χ1v) is 8.96. The van der Waals surface area contributed by atoms with Crippen molar-refractivity contribution >= 4 is 17.4 Å². The number of rotatable bonds is 7. The number of urea groups is 1. The summed E-state index contributed by atoms with van der Waals surface area (Å²) in [5.74, 6) is 0. The molecule has 0 saturated carbocycles. The lowest BCUT2D eigenvalue weighted by molar-refractivity contribution is 0.251. The monoisotopic (exact) mass is 354 g/mol. The molecule has 2 amide bonds. The molecule has 0 spiro atoms. The second kappa shape index (κ2) is 9.25. The number of benzene rings is 2. The Kier molecular flexibility index (Phi) is 7.04. The third-order valence-electron chi connectivity index (χ3n) is 4.49. The zero-order valence-corrected chi connectivity index (χ0v) is 16.4. The molecule has 26 heavy (non-hydrogen) atoms. The van der Waals surface area contributed by atoms with Crippen LogP contribution in [0, 0.1) is 0 Å². The van der Waals surface area contributed by atoms with Gasteiger partial charge in [-0.25, -0.2) is 4.79 Å². The zero-order chi connectivity index (χ0) is 19.1. The third kappa shape index (κ3) is 5.49. The molecule has 0 unspecified atom stereocenters.